The number of ether oxygens (including phenoxy) is 1. The van der Waals surface area contributed by atoms with Crippen LogP contribution in [0.2, 0.25) is 0 Å². The highest BCUT2D eigenvalue weighted by Crippen LogP contribution is 2.38. The van der Waals surface area contributed by atoms with Gasteiger partial charge in [-0.2, -0.15) is 0 Å². The Balaban J connectivity index is 1.44. The maximum Gasteiger partial charge on any atom is 0.220 e. The summed E-state index contributed by atoms with van der Waals surface area (Å²) in [5.74, 6) is 0.770. The van der Waals surface area contributed by atoms with Gasteiger partial charge in [-0.05, 0) is 37.2 Å². The summed E-state index contributed by atoms with van der Waals surface area (Å²) < 4.78 is 5.75. The molecule has 1 aromatic rings. The van der Waals surface area contributed by atoms with Crippen molar-refractivity contribution in [2.75, 3.05) is 6.61 Å². The molecule has 3 unspecified atom stereocenters. The van der Waals surface area contributed by atoms with Crippen LogP contribution in [0.5, 0.6) is 0 Å². The lowest BCUT2D eigenvalue weighted by Gasteiger charge is -2.20. The Morgan fingerprint density at radius 2 is 2.05 bits per heavy atom. The molecule has 3 rings (SSSR count). The zero-order chi connectivity index (χ0) is 14.7. The highest BCUT2D eigenvalue weighted by Gasteiger charge is 2.41. The Morgan fingerprint density at radius 3 is 2.76 bits per heavy atom. The number of nitrogens with two attached hydrogens (primary N) is 1. The molecular weight excluding hydrogens is 264 g/mol. The van der Waals surface area contributed by atoms with Crippen LogP contribution in [0, 0.1) is 5.92 Å². The smallest absolute Gasteiger partial charge is 0.220 e. The first kappa shape index (κ1) is 14.5. The first-order valence-corrected chi connectivity index (χ1v) is 7.95. The van der Waals surface area contributed by atoms with Gasteiger partial charge in [-0.1, -0.05) is 30.3 Å². The highest BCUT2D eigenvalue weighted by atomic mass is 16.5. The summed E-state index contributed by atoms with van der Waals surface area (Å²) in [5, 5.41) is 3.14. The predicted molar refractivity (Wildman–Crippen MR) is 81.6 cm³/mol. The Bertz CT molecular complexity index is 473. The molecule has 2 aliphatic rings. The topological polar surface area (TPSA) is 64.4 Å². The minimum absolute atomic E-state index is 0.0731. The molecule has 1 saturated carbocycles. The number of benzene rings is 1. The molecule has 4 nitrogen and oxygen atoms in total. The first-order chi connectivity index (χ1) is 10.2. The van der Waals surface area contributed by atoms with Gasteiger partial charge in [0.25, 0.3) is 0 Å². The van der Waals surface area contributed by atoms with Crippen molar-refractivity contribution < 1.29 is 9.53 Å². The van der Waals surface area contributed by atoms with E-state index in [-0.39, 0.29) is 24.1 Å². The molecule has 0 bridgehead atoms. The Labute approximate surface area is 126 Å². The van der Waals surface area contributed by atoms with E-state index in [1.54, 1.807) is 0 Å². The third kappa shape index (κ3) is 3.83. The molecule has 1 saturated heterocycles. The Morgan fingerprint density at radius 1 is 1.29 bits per heavy atom. The number of nitrogens with one attached hydrogen (secondary N) is 1. The van der Waals surface area contributed by atoms with Gasteiger partial charge in [-0.3, -0.25) is 4.79 Å². The van der Waals surface area contributed by atoms with E-state index in [9.17, 15) is 4.79 Å². The van der Waals surface area contributed by atoms with Crippen LogP contribution in [0.3, 0.4) is 0 Å². The van der Waals surface area contributed by atoms with E-state index >= 15 is 0 Å². The summed E-state index contributed by atoms with van der Waals surface area (Å²) in [6.07, 6.45) is 4.84. The molecule has 1 aliphatic carbocycles. The number of rotatable bonds is 6. The largest absolute Gasteiger partial charge is 0.376 e. The van der Waals surface area contributed by atoms with Crippen molar-refractivity contribution in [3.05, 3.63) is 35.9 Å². The monoisotopic (exact) mass is 288 g/mol. The third-order valence-corrected chi connectivity index (χ3v) is 4.48. The summed E-state index contributed by atoms with van der Waals surface area (Å²) in [6, 6.07) is 10.1. The fraction of sp³-hybridized carbons (Fsp3) is 0.588. The lowest BCUT2D eigenvalue weighted by atomic mass is 10.0. The van der Waals surface area contributed by atoms with Gasteiger partial charge >= 0.3 is 0 Å². The van der Waals surface area contributed by atoms with Gasteiger partial charge < -0.3 is 15.8 Å². The summed E-state index contributed by atoms with van der Waals surface area (Å²) >= 11 is 0. The van der Waals surface area contributed by atoms with E-state index in [1.807, 2.05) is 30.3 Å². The SMILES string of the molecule is NC(CCC(=O)NC1CCOC1C1CC1)c1ccccc1. The summed E-state index contributed by atoms with van der Waals surface area (Å²) in [4.78, 5) is 12.1. The number of hydrogen-bond donors (Lipinski definition) is 2. The van der Waals surface area contributed by atoms with Crippen molar-refractivity contribution in [3.63, 3.8) is 0 Å². The number of amides is 1. The van der Waals surface area contributed by atoms with Crippen LogP contribution >= 0.6 is 0 Å². The van der Waals surface area contributed by atoms with Crippen LogP contribution in [-0.2, 0) is 9.53 Å². The summed E-state index contributed by atoms with van der Waals surface area (Å²) in [5.41, 5.74) is 7.22. The van der Waals surface area contributed by atoms with Crippen molar-refractivity contribution in [2.24, 2.45) is 11.7 Å². The third-order valence-electron chi connectivity index (χ3n) is 4.48. The second-order valence-electron chi connectivity index (χ2n) is 6.19. The molecule has 1 amide bonds. The molecule has 1 heterocycles. The summed E-state index contributed by atoms with van der Waals surface area (Å²) in [7, 11) is 0. The van der Waals surface area contributed by atoms with Gasteiger partial charge in [0.05, 0.1) is 12.1 Å². The van der Waals surface area contributed by atoms with E-state index in [2.05, 4.69) is 5.32 Å². The molecule has 2 fully saturated rings. The molecule has 114 valence electrons. The molecule has 21 heavy (non-hydrogen) atoms. The number of carbonyl (C=O) groups excluding carboxylic acids is 1. The molecule has 0 spiro atoms. The molecular formula is C17H24N2O2. The van der Waals surface area contributed by atoms with Gasteiger partial charge in [-0.15, -0.1) is 0 Å². The normalized spacial score (nSPS) is 26.5. The molecule has 3 N–H and O–H groups in total. The van der Waals surface area contributed by atoms with Crippen molar-refractivity contribution in [1.29, 1.82) is 0 Å². The van der Waals surface area contributed by atoms with Gasteiger partial charge in [0, 0.05) is 19.1 Å². The van der Waals surface area contributed by atoms with Crippen molar-refractivity contribution in [3.8, 4) is 0 Å². The quantitative estimate of drug-likeness (QED) is 0.843. The minimum atomic E-state index is -0.0731. The van der Waals surface area contributed by atoms with Crippen molar-refractivity contribution in [2.45, 2.75) is 50.3 Å². The molecule has 3 atom stereocenters. The fourth-order valence-electron chi connectivity index (χ4n) is 3.09. The Hall–Kier alpha value is -1.39. The molecule has 4 heteroatoms. The van der Waals surface area contributed by atoms with Crippen LogP contribution in [-0.4, -0.2) is 24.7 Å². The summed E-state index contributed by atoms with van der Waals surface area (Å²) in [6.45, 7) is 0.773. The zero-order valence-corrected chi connectivity index (χ0v) is 12.3. The minimum Gasteiger partial charge on any atom is -0.376 e. The van der Waals surface area contributed by atoms with Crippen LogP contribution < -0.4 is 11.1 Å². The van der Waals surface area contributed by atoms with E-state index in [1.165, 1.54) is 12.8 Å². The fourth-order valence-corrected chi connectivity index (χ4v) is 3.09. The van der Waals surface area contributed by atoms with Crippen LogP contribution in [0.15, 0.2) is 30.3 Å². The van der Waals surface area contributed by atoms with Crippen LogP contribution in [0.25, 0.3) is 0 Å². The average Bonchev–Trinajstić information content (AvgIpc) is 3.26. The maximum atomic E-state index is 12.1. The lowest BCUT2D eigenvalue weighted by molar-refractivity contribution is -0.122. The van der Waals surface area contributed by atoms with Crippen LogP contribution in [0.1, 0.15) is 43.7 Å². The van der Waals surface area contributed by atoms with Gasteiger partial charge in [-0.25, -0.2) is 0 Å². The Kier molecular flexibility index (Phi) is 4.56. The maximum absolute atomic E-state index is 12.1. The molecule has 1 aromatic carbocycles. The number of hydrogen-bond acceptors (Lipinski definition) is 3. The first-order valence-electron chi connectivity index (χ1n) is 7.95. The second kappa shape index (κ2) is 6.58. The molecule has 0 aromatic heterocycles. The zero-order valence-electron chi connectivity index (χ0n) is 12.3. The van der Waals surface area contributed by atoms with E-state index < -0.39 is 0 Å². The van der Waals surface area contributed by atoms with Crippen molar-refractivity contribution >= 4 is 5.91 Å². The van der Waals surface area contributed by atoms with E-state index in [4.69, 9.17) is 10.5 Å². The van der Waals surface area contributed by atoms with Gasteiger partial charge in [0.15, 0.2) is 0 Å². The van der Waals surface area contributed by atoms with Gasteiger partial charge in [0.1, 0.15) is 0 Å². The molecule has 1 aliphatic heterocycles. The highest BCUT2D eigenvalue weighted by molar-refractivity contribution is 5.76. The van der Waals surface area contributed by atoms with E-state index in [0.29, 0.717) is 18.8 Å². The average molecular weight is 288 g/mol. The molecule has 0 radical (unpaired) electrons. The second-order valence-corrected chi connectivity index (χ2v) is 6.19. The van der Waals surface area contributed by atoms with Crippen LogP contribution in [0.4, 0.5) is 0 Å². The predicted octanol–water partition coefficient (Wildman–Crippen LogP) is 2.15. The lowest BCUT2D eigenvalue weighted by Crippen LogP contribution is -2.41. The van der Waals surface area contributed by atoms with E-state index in [0.717, 1.165) is 18.6 Å². The van der Waals surface area contributed by atoms with Crippen molar-refractivity contribution in [1.82, 2.24) is 5.32 Å². The standard InChI is InChI=1S/C17H24N2O2/c18-14(12-4-2-1-3-5-12)8-9-16(20)19-15-10-11-21-17(15)13-6-7-13/h1-5,13-15,17H,6-11,18H2,(H,19,20). The number of carbonyl (C=O) groups is 1. The van der Waals surface area contributed by atoms with Gasteiger partial charge in [0.2, 0.25) is 5.91 Å².